The standard InChI is InChI=1S/C19H29NO/c1-2-12-20-18-11-10-17(16-6-4-3-5-7-16)13-19(18)21-14-15-8-9-15/h3-7,15,17-20H,2,8-14H2,1H3. The van der Waals surface area contributed by atoms with E-state index in [1.807, 2.05) is 0 Å². The van der Waals surface area contributed by atoms with Crippen molar-refractivity contribution in [1.82, 2.24) is 5.32 Å². The molecule has 2 nitrogen and oxygen atoms in total. The van der Waals surface area contributed by atoms with E-state index in [-0.39, 0.29) is 0 Å². The topological polar surface area (TPSA) is 21.3 Å². The van der Waals surface area contributed by atoms with Gasteiger partial charge >= 0.3 is 0 Å². The third-order valence-corrected chi connectivity index (χ3v) is 4.96. The summed E-state index contributed by atoms with van der Waals surface area (Å²) in [6.07, 6.45) is 8.07. The number of nitrogens with one attached hydrogen (secondary N) is 1. The molecule has 2 aliphatic carbocycles. The lowest BCUT2D eigenvalue weighted by Gasteiger charge is -2.37. The minimum atomic E-state index is 0.399. The van der Waals surface area contributed by atoms with Crippen molar-refractivity contribution in [3.05, 3.63) is 35.9 Å². The van der Waals surface area contributed by atoms with Crippen molar-refractivity contribution >= 4 is 0 Å². The lowest BCUT2D eigenvalue weighted by molar-refractivity contribution is -0.00554. The van der Waals surface area contributed by atoms with Crippen LogP contribution in [0.2, 0.25) is 0 Å². The van der Waals surface area contributed by atoms with Crippen LogP contribution in [0.25, 0.3) is 0 Å². The van der Waals surface area contributed by atoms with Crippen molar-refractivity contribution < 1.29 is 4.74 Å². The van der Waals surface area contributed by atoms with Gasteiger partial charge < -0.3 is 10.1 Å². The molecule has 0 bridgehead atoms. The van der Waals surface area contributed by atoms with Gasteiger partial charge in [-0.15, -0.1) is 0 Å². The molecule has 0 radical (unpaired) electrons. The van der Waals surface area contributed by atoms with E-state index in [4.69, 9.17) is 4.74 Å². The summed E-state index contributed by atoms with van der Waals surface area (Å²) in [6.45, 7) is 4.34. The van der Waals surface area contributed by atoms with Gasteiger partial charge in [0.05, 0.1) is 6.10 Å². The molecule has 3 atom stereocenters. The summed E-state index contributed by atoms with van der Waals surface area (Å²) in [4.78, 5) is 0. The van der Waals surface area contributed by atoms with E-state index in [9.17, 15) is 0 Å². The number of ether oxygens (including phenoxy) is 1. The molecule has 0 aromatic heterocycles. The smallest absolute Gasteiger partial charge is 0.0733 e. The number of rotatable bonds is 7. The maximum Gasteiger partial charge on any atom is 0.0733 e. The number of benzene rings is 1. The molecule has 1 aromatic carbocycles. The summed E-state index contributed by atoms with van der Waals surface area (Å²) in [5, 5.41) is 3.71. The number of hydrogen-bond donors (Lipinski definition) is 1. The second-order valence-electron chi connectivity index (χ2n) is 6.80. The van der Waals surface area contributed by atoms with Crippen LogP contribution in [0, 0.1) is 5.92 Å². The van der Waals surface area contributed by atoms with Gasteiger partial charge in [0.1, 0.15) is 0 Å². The summed E-state index contributed by atoms with van der Waals surface area (Å²) >= 11 is 0. The summed E-state index contributed by atoms with van der Waals surface area (Å²) in [7, 11) is 0. The number of hydrogen-bond acceptors (Lipinski definition) is 2. The molecule has 2 heteroatoms. The minimum absolute atomic E-state index is 0.399. The first-order valence-corrected chi connectivity index (χ1v) is 8.76. The van der Waals surface area contributed by atoms with Gasteiger partial charge in [0.25, 0.3) is 0 Å². The molecule has 0 amide bonds. The molecule has 2 fully saturated rings. The Morgan fingerprint density at radius 2 is 1.90 bits per heavy atom. The maximum atomic E-state index is 6.31. The second-order valence-corrected chi connectivity index (χ2v) is 6.80. The van der Waals surface area contributed by atoms with E-state index in [1.54, 1.807) is 0 Å². The summed E-state index contributed by atoms with van der Waals surface area (Å²) in [5.41, 5.74) is 1.49. The van der Waals surface area contributed by atoms with E-state index in [0.717, 1.165) is 19.1 Å². The highest BCUT2D eigenvalue weighted by Gasteiger charge is 2.33. The van der Waals surface area contributed by atoms with Crippen molar-refractivity contribution in [1.29, 1.82) is 0 Å². The average Bonchev–Trinajstić information content (AvgIpc) is 3.36. The quantitative estimate of drug-likeness (QED) is 0.814. The van der Waals surface area contributed by atoms with Gasteiger partial charge in [-0.3, -0.25) is 0 Å². The van der Waals surface area contributed by atoms with E-state index in [0.29, 0.717) is 18.1 Å². The van der Waals surface area contributed by atoms with Gasteiger partial charge in [-0.2, -0.15) is 0 Å². The molecule has 3 rings (SSSR count). The summed E-state index contributed by atoms with van der Waals surface area (Å²) < 4.78 is 6.31. The molecule has 2 aliphatic rings. The van der Waals surface area contributed by atoms with Gasteiger partial charge in [-0.1, -0.05) is 37.3 Å². The van der Waals surface area contributed by atoms with Crippen LogP contribution in [0.1, 0.15) is 56.9 Å². The largest absolute Gasteiger partial charge is 0.376 e. The predicted octanol–water partition coefficient (Wildman–Crippen LogP) is 4.12. The van der Waals surface area contributed by atoms with Crippen LogP contribution in [0.15, 0.2) is 30.3 Å². The average molecular weight is 287 g/mol. The zero-order valence-corrected chi connectivity index (χ0v) is 13.3. The summed E-state index contributed by atoms with van der Waals surface area (Å²) in [5.74, 6) is 1.53. The molecule has 0 spiro atoms. The van der Waals surface area contributed by atoms with Gasteiger partial charge in [-0.05, 0) is 62.5 Å². The van der Waals surface area contributed by atoms with Crippen molar-refractivity contribution in [2.45, 2.75) is 63.5 Å². The highest BCUT2D eigenvalue weighted by molar-refractivity contribution is 5.20. The normalized spacial score (nSPS) is 29.5. The van der Waals surface area contributed by atoms with Crippen LogP contribution in [-0.2, 0) is 4.74 Å². The van der Waals surface area contributed by atoms with Crippen molar-refractivity contribution in [2.24, 2.45) is 5.92 Å². The first-order valence-electron chi connectivity index (χ1n) is 8.76. The molecule has 0 saturated heterocycles. The zero-order valence-electron chi connectivity index (χ0n) is 13.3. The van der Waals surface area contributed by atoms with Crippen LogP contribution in [0.3, 0.4) is 0 Å². The van der Waals surface area contributed by atoms with Crippen molar-refractivity contribution in [2.75, 3.05) is 13.2 Å². The van der Waals surface area contributed by atoms with Gasteiger partial charge in [0, 0.05) is 12.6 Å². The second kappa shape index (κ2) is 7.42. The highest BCUT2D eigenvalue weighted by atomic mass is 16.5. The highest BCUT2D eigenvalue weighted by Crippen LogP contribution is 2.36. The third-order valence-electron chi connectivity index (χ3n) is 4.96. The van der Waals surface area contributed by atoms with E-state index in [1.165, 1.54) is 44.1 Å². The molecule has 1 N–H and O–H groups in total. The Hall–Kier alpha value is -0.860. The Balaban J connectivity index is 1.60. The lowest BCUT2D eigenvalue weighted by Crippen LogP contribution is -2.45. The molecule has 1 aromatic rings. The Kier molecular flexibility index (Phi) is 5.32. The molecule has 3 unspecified atom stereocenters. The van der Waals surface area contributed by atoms with Crippen LogP contribution in [0.5, 0.6) is 0 Å². The third kappa shape index (κ3) is 4.31. The SMILES string of the molecule is CCCNC1CCC(c2ccccc2)CC1OCC1CC1. The van der Waals surface area contributed by atoms with E-state index >= 15 is 0 Å². The molecule has 0 aliphatic heterocycles. The van der Waals surface area contributed by atoms with E-state index < -0.39 is 0 Å². The van der Waals surface area contributed by atoms with Crippen molar-refractivity contribution in [3.63, 3.8) is 0 Å². The lowest BCUT2D eigenvalue weighted by atomic mass is 9.80. The molecule has 116 valence electrons. The first-order chi connectivity index (χ1) is 10.4. The summed E-state index contributed by atoms with van der Waals surface area (Å²) in [6, 6.07) is 11.6. The fourth-order valence-corrected chi connectivity index (χ4v) is 3.45. The van der Waals surface area contributed by atoms with Gasteiger partial charge in [-0.25, -0.2) is 0 Å². The Morgan fingerprint density at radius 1 is 1.10 bits per heavy atom. The zero-order chi connectivity index (χ0) is 14.5. The van der Waals surface area contributed by atoms with Crippen LogP contribution in [-0.4, -0.2) is 25.3 Å². The monoisotopic (exact) mass is 287 g/mol. The molecular weight excluding hydrogens is 258 g/mol. The molecular formula is C19H29NO. The fraction of sp³-hybridized carbons (Fsp3) is 0.684. The maximum absolute atomic E-state index is 6.31. The fourth-order valence-electron chi connectivity index (χ4n) is 3.45. The van der Waals surface area contributed by atoms with E-state index in [2.05, 4.69) is 42.6 Å². The van der Waals surface area contributed by atoms with Gasteiger partial charge in [0.2, 0.25) is 0 Å². The Labute approximate surface area is 129 Å². The Morgan fingerprint density at radius 3 is 2.62 bits per heavy atom. The minimum Gasteiger partial charge on any atom is -0.376 e. The van der Waals surface area contributed by atoms with Crippen LogP contribution >= 0.6 is 0 Å². The van der Waals surface area contributed by atoms with Crippen molar-refractivity contribution in [3.8, 4) is 0 Å². The van der Waals surface area contributed by atoms with Gasteiger partial charge in [0.15, 0.2) is 0 Å². The molecule has 0 heterocycles. The first kappa shape index (κ1) is 15.1. The van der Waals surface area contributed by atoms with Crippen LogP contribution in [0.4, 0.5) is 0 Å². The molecule has 21 heavy (non-hydrogen) atoms. The van der Waals surface area contributed by atoms with Crippen LogP contribution < -0.4 is 5.32 Å². The Bertz CT molecular complexity index is 415. The predicted molar refractivity (Wildman–Crippen MR) is 87.6 cm³/mol. The molecule has 2 saturated carbocycles.